The fourth-order valence-electron chi connectivity index (χ4n) is 5.88. The van der Waals surface area contributed by atoms with Gasteiger partial charge in [-0.25, -0.2) is 0 Å². The number of nitriles is 1. The van der Waals surface area contributed by atoms with Gasteiger partial charge in [0.2, 0.25) is 0 Å². The number of hydrogen-bond acceptors (Lipinski definition) is 12. The number of halogens is 1. The fraction of sp³-hybridized carbons (Fsp3) is 0.364. The third-order valence-corrected chi connectivity index (χ3v) is 8.44. The molecule has 1 aromatic carbocycles. The number of aromatic hydroxyl groups is 1. The predicted octanol–water partition coefficient (Wildman–Crippen LogP) is -2.06. The van der Waals surface area contributed by atoms with E-state index in [0.29, 0.717) is 3.57 Å². The highest BCUT2D eigenvalue weighted by atomic mass is 127. The Morgan fingerprint density at radius 2 is 1.78 bits per heavy atom. The first kappa shape index (κ1) is 26.0. The Balaban J connectivity index is 2.25. The number of Topliss-reactive ketones (excluding diaryl/α,β-unsaturated/α-hetero) is 2. The maximum atomic E-state index is 14.2. The fourth-order valence-corrected chi connectivity index (χ4v) is 6.67. The molecule has 0 radical (unpaired) electrons. The van der Waals surface area contributed by atoms with Crippen molar-refractivity contribution in [2.45, 2.75) is 29.3 Å². The van der Waals surface area contributed by atoms with Crippen molar-refractivity contribution in [1.29, 1.82) is 5.26 Å². The second kappa shape index (κ2) is 7.71. The predicted molar refractivity (Wildman–Crippen MR) is 132 cm³/mol. The maximum Gasteiger partial charge on any atom is 0.255 e. The zero-order chi connectivity index (χ0) is 27.3. The van der Waals surface area contributed by atoms with Crippen molar-refractivity contribution in [3.8, 4) is 11.8 Å². The van der Waals surface area contributed by atoms with Crippen molar-refractivity contribution in [2.75, 3.05) is 14.1 Å². The van der Waals surface area contributed by atoms with Crippen LogP contribution in [0.4, 0.5) is 0 Å². The number of primary amides is 1. The number of aliphatic hydroxyl groups is 3. The van der Waals surface area contributed by atoms with Gasteiger partial charge in [0, 0.05) is 3.57 Å². The molecule has 14 heteroatoms. The molecule has 1 saturated carbocycles. The number of carbonyl (C=O) groups is 3. The summed E-state index contributed by atoms with van der Waals surface area (Å²) in [6.45, 7) is 0. The third kappa shape index (κ3) is 2.57. The molecule has 0 saturated heterocycles. The highest BCUT2D eigenvalue weighted by Gasteiger charge is 2.79. The molecule has 12 N–H and O–H groups in total. The van der Waals surface area contributed by atoms with Gasteiger partial charge in [0.05, 0.1) is 34.8 Å². The topological polar surface area (TPSA) is 263 Å². The number of likely N-dealkylation sites (N-methyl/N-ethyl adjacent to an activating group) is 1. The molecule has 190 valence electrons. The van der Waals surface area contributed by atoms with E-state index in [0.717, 1.165) is 4.90 Å². The van der Waals surface area contributed by atoms with Crippen LogP contribution in [0.5, 0.6) is 5.75 Å². The van der Waals surface area contributed by atoms with E-state index < -0.39 is 80.6 Å². The van der Waals surface area contributed by atoms with E-state index in [-0.39, 0.29) is 11.1 Å². The molecule has 1 aromatic rings. The normalized spacial score (nSPS) is 35.8. The number of ketones is 2. The summed E-state index contributed by atoms with van der Waals surface area (Å²) in [5, 5.41) is 55.0. The van der Waals surface area contributed by atoms with E-state index in [2.05, 4.69) is 0 Å². The first-order chi connectivity index (χ1) is 16.6. The number of hydrogen-bond donors (Lipinski definition) is 8. The van der Waals surface area contributed by atoms with Gasteiger partial charge >= 0.3 is 0 Å². The summed E-state index contributed by atoms with van der Waals surface area (Å²) >= 11 is 1.86. The number of aliphatic hydroxyl groups excluding tert-OH is 3. The summed E-state index contributed by atoms with van der Waals surface area (Å²) in [7, 11) is 2.67. The average molecular weight is 610 g/mol. The van der Waals surface area contributed by atoms with Gasteiger partial charge in [-0.2, -0.15) is 5.26 Å². The highest BCUT2D eigenvalue weighted by Crippen LogP contribution is 2.60. The molecular weight excluding hydrogens is 587 g/mol. The summed E-state index contributed by atoms with van der Waals surface area (Å²) in [6.07, 6.45) is -2.24. The van der Waals surface area contributed by atoms with Crippen molar-refractivity contribution in [2.24, 2.45) is 28.3 Å². The van der Waals surface area contributed by atoms with E-state index >= 15 is 0 Å². The lowest BCUT2D eigenvalue weighted by molar-refractivity contribution is -0.153. The lowest BCUT2D eigenvalue weighted by Gasteiger charge is -2.62. The van der Waals surface area contributed by atoms with Crippen LogP contribution in [0.15, 0.2) is 29.0 Å². The van der Waals surface area contributed by atoms with E-state index in [4.69, 9.17) is 22.9 Å². The Hall–Kier alpha value is -3.07. The van der Waals surface area contributed by atoms with Crippen molar-refractivity contribution >= 4 is 45.8 Å². The minimum absolute atomic E-state index is 0.0837. The van der Waals surface area contributed by atoms with Gasteiger partial charge in [0.1, 0.15) is 34.5 Å². The summed E-state index contributed by atoms with van der Waals surface area (Å²) in [4.78, 5) is 40.9. The van der Waals surface area contributed by atoms with E-state index in [1.165, 1.54) is 26.2 Å². The van der Waals surface area contributed by atoms with Crippen LogP contribution in [0.25, 0.3) is 5.76 Å². The molecule has 1 fully saturated rings. The molecule has 0 aliphatic heterocycles. The number of phenols is 1. The van der Waals surface area contributed by atoms with Gasteiger partial charge in [0.15, 0.2) is 17.0 Å². The molecule has 6 atom stereocenters. The molecule has 36 heavy (non-hydrogen) atoms. The smallest absolute Gasteiger partial charge is 0.255 e. The lowest BCUT2D eigenvalue weighted by atomic mass is 9.45. The number of benzene rings is 1. The van der Waals surface area contributed by atoms with E-state index in [9.17, 15) is 40.1 Å². The van der Waals surface area contributed by atoms with Crippen LogP contribution >= 0.6 is 22.6 Å². The summed E-state index contributed by atoms with van der Waals surface area (Å²) < 4.78 is 0.411. The third-order valence-electron chi connectivity index (χ3n) is 7.49. The molecule has 1 amide bonds. The van der Waals surface area contributed by atoms with Crippen LogP contribution in [-0.2, 0) is 14.4 Å². The monoisotopic (exact) mass is 610 g/mol. The second-order valence-corrected chi connectivity index (χ2v) is 10.5. The molecule has 0 aromatic heterocycles. The van der Waals surface area contributed by atoms with E-state index in [1.807, 2.05) is 22.6 Å². The SMILES string of the molecule is CN(C)[C@@H]1C(=O)C(C(N)=O)=C(O)[C@@]2(C#N)C(=O)C3=C(O)c4c(O)ccc(I)c4[C@H](N)[C@@]3(N)[C@H](O)[C@@]12N. The first-order valence-corrected chi connectivity index (χ1v) is 11.5. The maximum absolute atomic E-state index is 14.2. The van der Waals surface area contributed by atoms with Gasteiger partial charge in [-0.15, -0.1) is 0 Å². The first-order valence-electron chi connectivity index (χ1n) is 10.4. The molecule has 0 heterocycles. The van der Waals surface area contributed by atoms with Crippen molar-refractivity contribution < 1.29 is 34.8 Å². The zero-order valence-corrected chi connectivity index (χ0v) is 21.1. The molecule has 3 aliphatic rings. The van der Waals surface area contributed by atoms with Crippen LogP contribution in [0.1, 0.15) is 17.2 Å². The zero-order valence-electron chi connectivity index (χ0n) is 19.0. The Morgan fingerprint density at radius 3 is 2.28 bits per heavy atom. The Bertz CT molecular complexity index is 1380. The summed E-state index contributed by atoms with van der Waals surface area (Å²) in [6, 6.07) is 1.02. The van der Waals surface area contributed by atoms with Crippen molar-refractivity contribution in [3.63, 3.8) is 0 Å². The average Bonchev–Trinajstić information content (AvgIpc) is 2.77. The van der Waals surface area contributed by atoms with Gasteiger partial charge < -0.3 is 43.4 Å². The number of fused-ring (bicyclic) bond motifs is 3. The molecule has 0 spiro atoms. The van der Waals surface area contributed by atoms with Crippen LogP contribution in [0, 0.1) is 20.3 Å². The highest BCUT2D eigenvalue weighted by molar-refractivity contribution is 14.1. The van der Waals surface area contributed by atoms with Gasteiger partial charge in [-0.3, -0.25) is 19.3 Å². The largest absolute Gasteiger partial charge is 0.509 e. The molecule has 13 nitrogen and oxygen atoms in total. The Kier molecular flexibility index (Phi) is 5.57. The van der Waals surface area contributed by atoms with Gasteiger partial charge in [-0.05, 0) is 54.4 Å². The van der Waals surface area contributed by atoms with E-state index in [1.54, 1.807) is 6.07 Å². The number of rotatable bonds is 2. The minimum Gasteiger partial charge on any atom is -0.509 e. The molecule has 4 rings (SSSR count). The number of nitrogens with two attached hydrogens (primary N) is 4. The van der Waals surface area contributed by atoms with Crippen LogP contribution in [0.3, 0.4) is 0 Å². The molecule has 0 bridgehead atoms. The minimum atomic E-state index is -3.00. The summed E-state index contributed by atoms with van der Waals surface area (Å²) in [5.41, 5.74) is 14.9. The second-order valence-electron chi connectivity index (χ2n) is 9.33. The Labute approximate surface area is 217 Å². The molecule has 0 unspecified atom stereocenters. The number of nitrogens with zero attached hydrogens (tertiary/aromatic N) is 2. The number of carbonyl (C=O) groups excluding carboxylic acids is 3. The lowest BCUT2D eigenvalue weighted by Crippen LogP contribution is -2.87. The Morgan fingerprint density at radius 1 is 1.19 bits per heavy atom. The van der Waals surface area contributed by atoms with Gasteiger partial charge in [-0.1, -0.05) is 0 Å². The van der Waals surface area contributed by atoms with Crippen LogP contribution < -0.4 is 22.9 Å². The standard InChI is InChI=1S/C22H23IN6O7/c1-29(2)15-13(32)10(18(26)35)16(33)20(5-24)17(34)11-12(31)9-7(30)4-3-6(23)8(9)14(25)21(11,27)19(36)22(15,20)28/h3-4,14-15,19,30-31,33,36H,25,27-28H2,1-2H3,(H2,26,35)/t14-,15+,19-,20-,21+,22-/m0/s1. The summed E-state index contributed by atoms with van der Waals surface area (Å²) in [5.74, 6) is -6.76. The number of phenolic OH excluding ortho intramolecular Hbond substituents is 1. The number of amides is 1. The quantitative estimate of drug-likeness (QED) is 0.133. The van der Waals surface area contributed by atoms with Crippen molar-refractivity contribution in [3.05, 3.63) is 43.7 Å². The van der Waals surface area contributed by atoms with Crippen molar-refractivity contribution in [1.82, 2.24) is 4.90 Å². The van der Waals surface area contributed by atoms with Gasteiger partial charge in [0.25, 0.3) is 5.91 Å². The van der Waals surface area contributed by atoms with Crippen LogP contribution in [0.2, 0.25) is 0 Å². The molecular formula is C22H23IN6O7. The van der Waals surface area contributed by atoms with Crippen LogP contribution in [-0.4, -0.2) is 80.1 Å². The molecule has 3 aliphatic carbocycles.